The van der Waals surface area contributed by atoms with Crippen LogP contribution in [-0.2, 0) is 32.3 Å². The molecule has 2 aromatic carbocycles. The van der Waals surface area contributed by atoms with Crippen molar-refractivity contribution in [3.05, 3.63) is 71.8 Å². The van der Waals surface area contributed by atoms with Crippen molar-refractivity contribution in [2.24, 2.45) is 0 Å². The van der Waals surface area contributed by atoms with Crippen molar-refractivity contribution >= 4 is 11.8 Å². The van der Waals surface area contributed by atoms with Crippen molar-refractivity contribution in [1.82, 2.24) is 0 Å². The number of ether oxygens (including phenoxy) is 2. The first-order valence-corrected chi connectivity index (χ1v) is 7.67. The van der Waals surface area contributed by atoms with Crippen LogP contribution in [0, 0.1) is 0 Å². The van der Waals surface area contributed by atoms with Crippen LogP contribution in [0.3, 0.4) is 0 Å². The Kier molecular flexibility index (Phi) is 7.14. The number of Topliss-reactive ketones (excluding diaryl/α,β-unsaturated/α-hetero) is 1. The molecular formula is C19H20O5. The van der Waals surface area contributed by atoms with Crippen molar-refractivity contribution in [2.75, 3.05) is 6.61 Å². The third-order valence-corrected chi connectivity index (χ3v) is 3.37. The van der Waals surface area contributed by atoms with Crippen LogP contribution in [-0.4, -0.2) is 29.6 Å². The minimum absolute atomic E-state index is 0.109. The fourth-order valence-electron chi connectivity index (χ4n) is 2.07. The Morgan fingerprint density at radius 3 is 1.96 bits per heavy atom. The van der Waals surface area contributed by atoms with Gasteiger partial charge >= 0.3 is 5.97 Å². The molecule has 0 aliphatic rings. The fourth-order valence-corrected chi connectivity index (χ4v) is 2.07. The summed E-state index contributed by atoms with van der Waals surface area (Å²) < 4.78 is 10.8. The number of ketones is 1. The van der Waals surface area contributed by atoms with E-state index in [1.54, 1.807) is 0 Å². The lowest BCUT2D eigenvalue weighted by atomic mass is 10.1. The standard InChI is InChI=1S/C19H20O5/c20-12-17(21)11-18(23-13-15-7-3-1-4-8-15)19(22)24-14-16-9-5-2-6-10-16/h1-10,18,20H,11-14H2. The molecule has 1 unspecified atom stereocenters. The quantitative estimate of drug-likeness (QED) is 0.715. The van der Waals surface area contributed by atoms with Gasteiger partial charge in [0.05, 0.1) is 6.61 Å². The summed E-state index contributed by atoms with van der Waals surface area (Å²) in [5, 5.41) is 8.90. The Morgan fingerprint density at radius 2 is 1.42 bits per heavy atom. The Labute approximate surface area is 140 Å². The van der Waals surface area contributed by atoms with Gasteiger partial charge in [0.15, 0.2) is 11.9 Å². The summed E-state index contributed by atoms with van der Waals surface area (Å²) >= 11 is 0. The van der Waals surface area contributed by atoms with Crippen molar-refractivity contribution in [3.8, 4) is 0 Å². The van der Waals surface area contributed by atoms with E-state index in [2.05, 4.69) is 0 Å². The lowest BCUT2D eigenvalue weighted by molar-refractivity contribution is -0.161. The summed E-state index contributed by atoms with van der Waals surface area (Å²) in [4.78, 5) is 23.7. The van der Waals surface area contributed by atoms with E-state index in [-0.39, 0.29) is 19.6 Å². The molecule has 0 aromatic heterocycles. The summed E-state index contributed by atoms with van der Waals surface area (Å²) in [6.07, 6.45) is -1.25. The molecule has 0 bridgehead atoms. The number of hydrogen-bond donors (Lipinski definition) is 1. The van der Waals surface area contributed by atoms with Gasteiger partial charge in [-0.2, -0.15) is 0 Å². The molecule has 24 heavy (non-hydrogen) atoms. The van der Waals surface area contributed by atoms with E-state index in [0.717, 1.165) is 11.1 Å². The number of benzene rings is 2. The zero-order chi connectivity index (χ0) is 17.2. The first-order chi connectivity index (χ1) is 11.7. The number of hydrogen-bond acceptors (Lipinski definition) is 5. The lowest BCUT2D eigenvalue weighted by Gasteiger charge is -2.16. The van der Waals surface area contributed by atoms with Crippen LogP contribution < -0.4 is 0 Å². The molecule has 0 saturated carbocycles. The SMILES string of the molecule is O=C(CO)CC(OCc1ccccc1)C(=O)OCc1ccccc1. The maximum Gasteiger partial charge on any atom is 0.336 e. The van der Waals surface area contributed by atoms with Gasteiger partial charge in [-0.15, -0.1) is 0 Å². The smallest absolute Gasteiger partial charge is 0.336 e. The Morgan fingerprint density at radius 1 is 0.875 bits per heavy atom. The molecule has 0 fully saturated rings. The summed E-state index contributed by atoms with van der Waals surface area (Å²) in [6, 6.07) is 18.6. The van der Waals surface area contributed by atoms with Gasteiger partial charge in [0.1, 0.15) is 13.2 Å². The summed E-state index contributed by atoms with van der Waals surface area (Å²) in [5.74, 6) is -1.08. The first kappa shape index (κ1) is 17.8. The maximum absolute atomic E-state index is 12.2. The van der Waals surface area contributed by atoms with Crippen LogP contribution in [0.4, 0.5) is 0 Å². The zero-order valence-corrected chi connectivity index (χ0v) is 13.3. The van der Waals surface area contributed by atoms with Gasteiger partial charge in [0.2, 0.25) is 0 Å². The Bertz CT molecular complexity index is 639. The molecule has 0 aliphatic heterocycles. The number of esters is 1. The third kappa shape index (κ3) is 5.95. The van der Waals surface area contributed by atoms with Crippen molar-refractivity contribution in [1.29, 1.82) is 0 Å². The summed E-state index contributed by atoms with van der Waals surface area (Å²) in [5.41, 5.74) is 1.73. The van der Waals surface area contributed by atoms with Crippen molar-refractivity contribution in [2.45, 2.75) is 25.7 Å². The number of rotatable bonds is 9. The van der Waals surface area contributed by atoms with Crippen LogP contribution in [0.15, 0.2) is 60.7 Å². The van der Waals surface area contributed by atoms with E-state index >= 15 is 0 Å². The molecule has 5 nitrogen and oxygen atoms in total. The molecule has 1 atom stereocenters. The third-order valence-electron chi connectivity index (χ3n) is 3.37. The van der Waals surface area contributed by atoms with E-state index in [1.165, 1.54) is 0 Å². The van der Waals surface area contributed by atoms with Crippen molar-refractivity contribution < 1.29 is 24.2 Å². The molecule has 1 N–H and O–H groups in total. The lowest BCUT2D eigenvalue weighted by Crippen LogP contribution is -2.30. The predicted molar refractivity (Wildman–Crippen MR) is 88.0 cm³/mol. The van der Waals surface area contributed by atoms with Crippen LogP contribution in [0.25, 0.3) is 0 Å². The molecule has 2 rings (SSSR count). The molecule has 0 amide bonds. The minimum atomic E-state index is -1.03. The second kappa shape index (κ2) is 9.60. The summed E-state index contributed by atoms with van der Waals surface area (Å²) in [6.45, 7) is -0.333. The average molecular weight is 328 g/mol. The molecule has 0 spiro atoms. The van der Waals surface area contributed by atoms with Gasteiger partial charge in [-0.05, 0) is 11.1 Å². The number of carbonyl (C=O) groups is 2. The van der Waals surface area contributed by atoms with Gasteiger partial charge in [0, 0.05) is 6.42 Å². The highest BCUT2D eigenvalue weighted by molar-refractivity contribution is 5.86. The van der Waals surface area contributed by atoms with Gasteiger partial charge in [-0.1, -0.05) is 60.7 Å². The van der Waals surface area contributed by atoms with Gasteiger partial charge in [-0.25, -0.2) is 4.79 Å². The minimum Gasteiger partial charge on any atom is -0.459 e. The predicted octanol–water partition coefficient (Wildman–Crippen LogP) is 2.27. The van der Waals surface area contributed by atoms with Crippen LogP contribution in [0.2, 0.25) is 0 Å². The molecule has 0 aliphatic carbocycles. The normalized spacial score (nSPS) is 11.7. The highest BCUT2D eigenvalue weighted by Crippen LogP contribution is 2.10. The van der Waals surface area contributed by atoms with E-state index in [9.17, 15) is 9.59 Å². The number of carbonyl (C=O) groups excluding carboxylic acids is 2. The van der Waals surface area contributed by atoms with Crippen LogP contribution in [0.1, 0.15) is 17.5 Å². The molecule has 126 valence electrons. The second-order valence-corrected chi connectivity index (χ2v) is 5.28. The highest BCUT2D eigenvalue weighted by atomic mass is 16.6. The van der Waals surface area contributed by atoms with E-state index in [0.29, 0.717) is 0 Å². The topological polar surface area (TPSA) is 72.8 Å². The monoisotopic (exact) mass is 328 g/mol. The first-order valence-electron chi connectivity index (χ1n) is 7.67. The van der Waals surface area contributed by atoms with Gasteiger partial charge in [0.25, 0.3) is 0 Å². The van der Waals surface area contributed by atoms with Gasteiger partial charge < -0.3 is 14.6 Å². The molecular weight excluding hydrogens is 308 g/mol. The average Bonchev–Trinajstić information content (AvgIpc) is 2.64. The second-order valence-electron chi connectivity index (χ2n) is 5.28. The van der Waals surface area contributed by atoms with E-state index in [1.807, 2.05) is 60.7 Å². The molecule has 5 heteroatoms. The Balaban J connectivity index is 1.93. The molecule has 0 radical (unpaired) electrons. The number of aliphatic hydroxyl groups excluding tert-OH is 1. The number of aliphatic hydroxyl groups is 1. The molecule has 0 saturated heterocycles. The highest BCUT2D eigenvalue weighted by Gasteiger charge is 2.24. The molecule has 2 aromatic rings. The largest absolute Gasteiger partial charge is 0.459 e. The van der Waals surface area contributed by atoms with Crippen LogP contribution >= 0.6 is 0 Å². The van der Waals surface area contributed by atoms with E-state index in [4.69, 9.17) is 14.6 Å². The van der Waals surface area contributed by atoms with Gasteiger partial charge in [-0.3, -0.25) is 4.79 Å². The van der Waals surface area contributed by atoms with Crippen LogP contribution in [0.5, 0.6) is 0 Å². The maximum atomic E-state index is 12.2. The van der Waals surface area contributed by atoms with Crippen molar-refractivity contribution in [3.63, 3.8) is 0 Å². The Hall–Kier alpha value is -2.50. The fraction of sp³-hybridized carbons (Fsp3) is 0.263. The van der Waals surface area contributed by atoms with E-state index < -0.39 is 24.5 Å². The molecule has 0 heterocycles. The summed E-state index contributed by atoms with van der Waals surface area (Å²) in [7, 11) is 0. The zero-order valence-electron chi connectivity index (χ0n) is 13.3.